The number of carbonyl (C=O) groups excluding carboxylic acids is 1. The number of pyridine rings is 1. The predicted octanol–water partition coefficient (Wildman–Crippen LogP) is 6.75. The van der Waals surface area contributed by atoms with Crippen molar-refractivity contribution in [2.45, 2.75) is 19.8 Å². The van der Waals surface area contributed by atoms with Crippen LogP contribution in [-0.2, 0) is 4.79 Å². The number of carbonyl (C=O) groups is 2. The van der Waals surface area contributed by atoms with Gasteiger partial charge in [-0.2, -0.15) is 0 Å². The molecule has 2 atom stereocenters. The first-order valence-electron chi connectivity index (χ1n) is 10.8. The largest absolute Gasteiger partial charge is 0.481 e. The SMILES string of the molecule is C=C(c1ccc2ccc(Cl)cc2n1)c1ccccc1C(=O)CCC1(C)C=CC=CC1C(=O)O. The lowest BCUT2D eigenvalue weighted by molar-refractivity contribution is -0.143. The second-order valence-electron chi connectivity index (χ2n) is 8.55. The zero-order chi connectivity index (χ0) is 23.6. The summed E-state index contributed by atoms with van der Waals surface area (Å²) < 4.78 is 0. The van der Waals surface area contributed by atoms with Gasteiger partial charge in [0, 0.05) is 33.4 Å². The molecule has 1 heterocycles. The van der Waals surface area contributed by atoms with Crippen molar-refractivity contribution in [1.82, 2.24) is 4.98 Å². The highest BCUT2D eigenvalue weighted by atomic mass is 35.5. The number of hydrogen-bond donors (Lipinski definition) is 1. The van der Waals surface area contributed by atoms with E-state index in [1.54, 1.807) is 24.3 Å². The van der Waals surface area contributed by atoms with Gasteiger partial charge in [0.1, 0.15) is 0 Å². The van der Waals surface area contributed by atoms with E-state index in [0.717, 1.165) is 16.5 Å². The highest BCUT2D eigenvalue weighted by Crippen LogP contribution is 2.38. The third-order valence-electron chi connectivity index (χ3n) is 6.27. The van der Waals surface area contributed by atoms with Gasteiger partial charge in [-0.25, -0.2) is 4.98 Å². The summed E-state index contributed by atoms with van der Waals surface area (Å²) in [5, 5.41) is 11.2. The predicted molar refractivity (Wildman–Crippen MR) is 132 cm³/mol. The molecule has 1 aromatic heterocycles. The van der Waals surface area contributed by atoms with Gasteiger partial charge in [0.25, 0.3) is 0 Å². The second-order valence-corrected chi connectivity index (χ2v) is 8.98. The van der Waals surface area contributed by atoms with E-state index in [2.05, 4.69) is 6.58 Å². The summed E-state index contributed by atoms with van der Waals surface area (Å²) in [5.74, 6) is -1.60. The smallest absolute Gasteiger partial charge is 0.311 e. The lowest BCUT2D eigenvalue weighted by Crippen LogP contribution is -2.32. The van der Waals surface area contributed by atoms with E-state index in [4.69, 9.17) is 16.6 Å². The monoisotopic (exact) mass is 457 g/mol. The summed E-state index contributed by atoms with van der Waals surface area (Å²) in [7, 11) is 0. The number of carboxylic acid groups (broad SMARTS) is 1. The number of halogens is 1. The summed E-state index contributed by atoms with van der Waals surface area (Å²) >= 11 is 6.12. The van der Waals surface area contributed by atoms with E-state index in [0.29, 0.717) is 28.3 Å². The van der Waals surface area contributed by atoms with Crippen molar-refractivity contribution in [2.75, 3.05) is 0 Å². The molecule has 1 N–H and O–H groups in total. The minimum Gasteiger partial charge on any atom is -0.481 e. The van der Waals surface area contributed by atoms with E-state index in [9.17, 15) is 14.7 Å². The highest BCUT2D eigenvalue weighted by molar-refractivity contribution is 6.31. The maximum atomic E-state index is 13.3. The number of fused-ring (bicyclic) bond motifs is 1. The normalized spacial score (nSPS) is 19.5. The molecule has 0 fully saturated rings. The lowest BCUT2D eigenvalue weighted by Gasteiger charge is -2.32. The molecular weight excluding hydrogens is 434 g/mol. The molecule has 1 aliphatic carbocycles. The molecule has 0 saturated carbocycles. The Kier molecular flexibility index (Phi) is 6.30. The molecule has 2 unspecified atom stereocenters. The van der Waals surface area contributed by atoms with Crippen molar-refractivity contribution in [1.29, 1.82) is 0 Å². The zero-order valence-electron chi connectivity index (χ0n) is 18.3. The molecule has 2 aromatic carbocycles. The first kappa shape index (κ1) is 22.7. The standard InChI is InChI=1S/C28H24ClNO3/c1-18(24-13-11-19-10-12-20(29)17-25(19)30-24)21-7-3-4-8-22(21)26(31)14-16-28(2)15-6-5-9-23(28)27(32)33/h3-13,15,17,23H,1,14,16H2,2H3,(H,32,33). The number of ketones is 1. The maximum absolute atomic E-state index is 13.3. The fourth-order valence-electron chi connectivity index (χ4n) is 4.28. The van der Waals surface area contributed by atoms with Crippen LogP contribution in [0.5, 0.6) is 0 Å². The number of benzene rings is 2. The molecule has 0 saturated heterocycles. The van der Waals surface area contributed by atoms with Gasteiger partial charge in [-0.3, -0.25) is 9.59 Å². The van der Waals surface area contributed by atoms with Crippen LogP contribution in [0.1, 0.15) is 41.4 Å². The van der Waals surface area contributed by atoms with Crippen LogP contribution >= 0.6 is 11.6 Å². The molecule has 0 aliphatic heterocycles. The van der Waals surface area contributed by atoms with Crippen molar-refractivity contribution in [3.63, 3.8) is 0 Å². The van der Waals surface area contributed by atoms with Gasteiger partial charge in [-0.1, -0.05) is 85.8 Å². The number of rotatable bonds is 7. The average molecular weight is 458 g/mol. The highest BCUT2D eigenvalue weighted by Gasteiger charge is 2.36. The number of carboxylic acids is 1. The van der Waals surface area contributed by atoms with E-state index < -0.39 is 17.3 Å². The van der Waals surface area contributed by atoms with Gasteiger partial charge in [-0.15, -0.1) is 0 Å². The topological polar surface area (TPSA) is 67.3 Å². The van der Waals surface area contributed by atoms with E-state index >= 15 is 0 Å². The van der Waals surface area contributed by atoms with Crippen LogP contribution in [0, 0.1) is 11.3 Å². The molecule has 3 aromatic rings. The second kappa shape index (κ2) is 9.16. The Morgan fingerprint density at radius 1 is 1.09 bits per heavy atom. The molecule has 4 rings (SSSR count). The van der Waals surface area contributed by atoms with Crippen molar-refractivity contribution in [3.8, 4) is 0 Å². The molecule has 0 bridgehead atoms. The van der Waals surface area contributed by atoms with E-state index in [1.807, 2.05) is 61.5 Å². The molecule has 1 aliphatic rings. The summed E-state index contributed by atoms with van der Waals surface area (Å²) in [4.78, 5) is 29.6. The third kappa shape index (κ3) is 4.67. The number of aliphatic carboxylic acids is 1. The molecule has 5 heteroatoms. The first-order chi connectivity index (χ1) is 15.8. The van der Waals surface area contributed by atoms with Crippen molar-refractivity contribution in [2.24, 2.45) is 11.3 Å². The lowest BCUT2D eigenvalue weighted by atomic mass is 9.71. The Morgan fingerprint density at radius 3 is 2.58 bits per heavy atom. The Balaban J connectivity index is 1.59. The summed E-state index contributed by atoms with van der Waals surface area (Å²) in [6, 6.07) is 16.7. The number of nitrogens with zero attached hydrogens (tertiary/aromatic N) is 1. The van der Waals surface area contributed by atoms with Gasteiger partial charge in [0.15, 0.2) is 5.78 Å². The quantitative estimate of drug-likeness (QED) is 0.398. The molecule has 0 spiro atoms. The molecule has 4 nitrogen and oxygen atoms in total. The molecule has 33 heavy (non-hydrogen) atoms. The Morgan fingerprint density at radius 2 is 1.82 bits per heavy atom. The molecule has 166 valence electrons. The number of Topliss-reactive ketones (excluding diaryl/α,β-unsaturated/α-hetero) is 1. The van der Waals surface area contributed by atoms with Crippen LogP contribution in [-0.4, -0.2) is 21.8 Å². The fraction of sp³-hybridized carbons (Fsp3) is 0.179. The van der Waals surface area contributed by atoms with Crippen LogP contribution in [0.15, 0.2) is 85.5 Å². The van der Waals surface area contributed by atoms with Crippen LogP contribution in [0.25, 0.3) is 16.5 Å². The summed E-state index contributed by atoms with van der Waals surface area (Å²) in [5.41, 5.74) is 2.73. The van der Waals surface area contributed by atoms with Crippen LogP contribution in [0.3, 0.4) is 0 Å². The van der Waals surface area contributed by atoms with Crippen LogP contribution in [0.2, 0.25) is 5.02 Å². The fourth-order valence-corrected chi connectivity index (χ4v) is 4.45. The first-order valence-corrected chi connectivity index (χ1v) is 11.1. The molecular formula is C28H24ClNO3. The van der Waals surface area contributed by atoms with Crippen LogP contribution < -0.4 is 0 Å². The Labute approximate surface area is 197 Å². The Bertz CT molecular complexity index is 1320. The third-order valence-corrected chi connectivity index (χ3v) is 6.51. The van der Waals surface area contributed by atoms with E-state index in [1.165, 1.54) is 0 Å². The van der Waals surface area contributed by atoms with Gasteiger partial charge >= 0.3 is 5.97 Å². The summed E-state index contributed by atoms with van der Waals surface area (Å²) in [6.07, 6.45) is 7.80. The minimum absolute atomic E-state index is 0.0519. The Hall–Kier alpha value is -3.50. The molecule has 0 amide bonds. The molecule has 0 radical (unpaired) electrons. The zero-order valence-corrected chi connectivity index (χ0v) is 19.0. The van der Waals surface area contributed by atoms with Crippen molar-refractivity contribution in [3.05, 3.63) is 107 Å². The van der Waals surface area contributed by atoms with Crippen molar-refractivity contribution < 1.29 is 14.7 Å². The van der Waals surface area contributed by atoms with Crippen LogP contribution in [0.4, 0.5) is 0 Å². The maximum Gasteiger partial charge on any atom is 0.311 e. The number of allylic oxidation sites excluding steroid dienone is 3. The summed E-state index contributed by atoms with van der Waals surface area (Å²) in [6.45, 7) is 6.10. The number of hydrogen-bond acceptors (Lipinski definition) is 3. The van der Waals surface area contributed by atoms with E-state index in [-0.39, 0.29) is 12.2 Å². The average Bonchev–Trinajstić information content (AvgIpc) is 2.81. The van der Waals surface area contributed by atoms with Gasteiger partial charge in [0.2, 0.25) is 0 Å². The van der Waals surface area contributed by atoms with Gasteiger partial charge in [-0.05, 0) is 30.2 Å². The number of aromatic nitrogens is 1. The van der Waals surface area contributed by atoms with Crippen molar-refractivity contribution >= 4 is 39.8 Å². The van der Waals surface area contributed by atoms with Gasteiger partial charge in [0.05, 0.1) is 17.1 Å². The van der Waals surface area contributed by atoms with Gasteiger partial charge < -0.3 is 5.11 Å². The minimum atomic E-state index is -0.887.